The summed E-state index contributed by atoms with van der Waals surface area (Å²) >= 11 is 0. The smallest absolute Gasteiger partial charge is 0.211 e. The number of hydrogen-bond donors (Lipinski definition) is 0. The Morgan fingerprint density at radius 3 is 3.00 bits per heavy atom. The summed E-state index contributed by atoms with van der Waals surface area (Å²) in [5.41, 5.74) is 0. The van der Waals surface area contributed by atoms with Gasteiger partial charge in [-0.05, 0) is 13.0 Å². The van der Waals surface area contributed by atoms with Crippen LogP contribution in [0.1, 0.15) is 6.92 Å². The first-order chi connectivity index (χ1) is 4.86. The lowest BCUT2D eigenvalue weighted by molar-refractivity contribution is -0.693. The van der Waals surface area contributed by atoms with Crippen molar-refractivity contribution in [3.8, 4) is 5.75 Å². The molecule has 2 nitrogen and oxygen atoms in total. The molecule has 0 fully saturated rings. The predicted molar refractivity (Wildman–Crippen MR) is 38.9 cm³/mol. The van der Waals surface area contributed by atoms with Gasteiger partial charge >= 0.3 is 0 Å². The highest BCUT2D eigenvalue weighted by molar-refractivity contribution is 5.11. The lowest BCUT2D eigenvalue weighted by Gasteiger charge is -1.95. The van der Waals surface area contributed by atoms with Gasteiger partial charge in [0.2, 0.25) is 6.20 Å². The molecular formula is C8H12NO+. The highest BCUT2D eigenvalue weighted by Gasteiger charge is 1.96. The van der Waals surface area contributed by atoms with Gasteiger partial charge in [-0.2, -0.15) is 0 Å². The summed E-state index contributed by atoms with van der Waals surface area (Å²) in [7, 11) is 1.68. The van der Waals surface area contributed by atoms with Gasteiger partial charge in [-0.15, -0.1) is 0 Å². The van der Waals surface area contributed by atoms with Gasteiger partial charge in [-0.25, -0.2) is 4.57 Å². The molecule has 1 aromatic rings. The zero-order chi connectivity index (χ0) is 7.40. The molecule has 0 aliphatic heterocycles. The maximum absolute atomic E-state index is 5.04. The molecule has 0 bridgehead atoms. The first-order valence-electron chi connectivity index (χ1n) is 3.40. The van der Waals surface area contributed by atoms with Crippen molar-refractivity contribution in [3.63, 3.8) is 0 Å². The maximum Gasteiger partial charge on any atom is 0.211 e. The van der Waals surface area contributed by atoms with E-state index in [4.69, 9.17) is 4.74 Å². The predicted octanol–water partition coefficient (Wildman–Crippen LogP) is 1.00. The van der Waals surface area contributed by atoms with Crippen molar-refractivity contribution in [2.75, 3.05) is 7.11 Å². The van der Waals surface area contributed by atoms with E-state index in [0.29, 0.717) is 0 Å². The number of rotatable bonds is 2. The third-order valence-electron chi connectivity index (χ3n) is 1.43. The molecule has 1 rings (SSSR count). The van der Waals surface area contributed by atoms with Crippen molar-refractivity contribution in [1.82, 2.24) is 0 Å². The number of aryl methyl sites for hydroxylation is 1. The third-order valence-corrected chi connectivity index (χ3v) is 1.43. The van der Waals surface area contributed by atoms with Crippen molar-refractivity contribution >= 4 is 0 Å². The van der Waals surface area contributed by atoms with Crippen LogP contribution in [0.25, 0.3) is 0 Å². The number of pyridine rings is 1. The summed E-state index contributed by atoms with van der Waals surface area (Å²) in [5.74, 6) is 0.907. The van der Waals surface area contributed by atoms with Crippen LogP contribution >= 0.6 is 0 Å². The Hall–Kier alpha value is -1.05. The topological polar surface area (TPSA) is 13.1 Å². The molecule has 1 aromatic heterocycles. The van der Waals surface area contributed by atoms with Crippen molar-refractivity contribution < 1.29 is 9.30 Å². The van der Waals surface area contributed by atoms with E-state index in [9.17, 15) is 0 Å². The Labute approximate surface area is 61.1 Å². The maximum atomic E-state index is 5.04. The Bertz CT molecular complexity index is 191. The fourth-order valence-corrected chi connectivity index (χ4v) is 0.815. The van der Waals surface area contributed by atoms with Crippen LogP contribution in [0.5, 0.6) is 5.75 Å². The van der Waals surface area contributed by atoms with Crippen LogP contribution in [0.3, 0.4) is 0 Å². The molecule has 10 heavy (non-hydrogen) atoms. The van der Waals surface area contributed by atoms with Crippen molar-refractivity contribution in [1.29, 1.82) is 0 Å². The third kappa shape index (κ3) is 1.47. The van der Waals surface area contributed by atoms with Crippen molar-refractivity contribution in [2.45, 2.75) is 13.5 Å². The highest BCUT2D eigenvalue weighted by Crippen LogP contribution is 2.02. The van der Waals surface area contributed by atoms with E-state index in [1.165, 1.54) is 0 Å². The Morgan fingerprint density at radius 2 is 2.40 bits per heavy atom. The number of methoxy groups -OCH3 is 1. The molecule has 0 amide bonds. The fraction of sp³-hybridized carbons (Fsp3) is 0.375. The molecular weight excluding hydrogens is 126 g/mol. The minimum absolute atomic E-state index is 0.907. The van der Waals surface area contributed by atoms with E-state index in [0.717, 1.165) is 12.3 Å². The molecule has 0 aromatic carbocycles. The van der Waals surface area contributed by atoms with Gasteiger partial charge in [0.25, 0.3) is 0 Å². The van der Waals surface area contributed by atoms with E-state index in [2.05, 4.69) is 11.5 Å². The van der Waals surface area contributed by atoms with E-state index < -0.39 is 0 Å². The van der Waals surface area contributed by atoms with Crippen molar-refractivity contribution in [3.05, 3.63) is 24.5 Å². The van der Waals surface area contributed by atoms with Gasteiger partial charge < -0.3 is 4.74 Å². The van der Waals surface area contributed by atoms with E-state index >= 15 is 0 Å². The van der Waals surface area contributed by atoms with E-state index in [-0.39, 0.29) is 0 Å². The van der Waals surface area contributed by atoms with Crippen LogP contribution in [0.4, 0.5) is 0 Å². The molecule has 0 radical (unpaired) electrons. The zero-order valence-electron chi connectivity index (χ0n) is 6.37. The monoisotopic (exact) mass is 138 g/mol. The van der Waals surface area contributed by atoms with Gasteiger partial charge in [0, 0.05) is 6.07 Å². The number of nitrogens with zero attached hydrogens (tertiary/aromatic N) is 1. The largest absolute Gasteiger partial charge is 0.491 e. The van der Waals surface area contributed by atoms with E-state index in [1.54, 1.807) is 7.11 Å². The SMILES string of the molecule is CC[n+]1cccc(OC)c1. The second kappa shape index (κ2) is 3.20. The zero-order valence-corrected chi connectivity index (χ0v) is 6.37. The minimum Gasteiger partial charge on any atom is -0.491 e. The minimum atomic E-state index is 0.907. The van der Waals surface area contributed by atoms with Gasteiger partial charge in [0.1, 0.15) is 6.54 Å². The van der Waals surface area contributed by atoms with Gasteiger partial charge in [-0.1, -0.05) is 0 Å². The molecule has 54 valence electrons. The van der Waals surface area contributed by atoms with Crippen LogP contribution in [0.15, 0.2) is 24.5 Å². The summed E-state index contributed by atoms with van der Waals surface area (Å²) in [4.78, 5) is 0. The normalized spacial score (nSPS) is 9.40. The summed E-state index contributed by atoms with van der Waals surface area (Å²) in [6, 6.07) is 3.91. The molecule has 0 spiro atoms. The highest BCUT2D eigenvalue weighted by atomic mass is 16.5. The number of ether oxygens (including phenoxy) is 1. The molecule has 0 aliphatic rings. The molecule has 0 unspecified atom stereocenters. The van der Waals surface area contributed by atoms with Crippen LogP contribution in [-0.4, -0.2) is 7.11 Å². The Morgan fingerprint density at radius 1 is 1.60 bits per heavy atom. The van der Waals surface area contributed by atoms with Gasteiger partial charge in [0.15, 0.2) is 11.9 Å². The average molecular weight is 138 g/mol. The van der Waals surface area contributed by atoms with Crippen LogP contribution in [-0.2, 0) is 6.54 Å². The molecule has 0 saturated carbocycles. The molecule has 2 heteroatoms. The summed E-state index contributed by atoms with van der Waals surface area (Å²) in [5, 5.41) is 0. The first-order valence-corrected chi connectivity index (χ1v) is 3.40. The molecule has 1 heterocycles. The molecule has 0 aliphatic carbocycles. The molecule has 0 atom stereocenters. The summed E-state index contributed by atoms with van der Waals surface area (Å²) < 4.78 is 7.10. The van der Waals surface area contributed by atoms with Gasteiger partial charge in [0.05, 0.1) is 7.11 Å². The second-order valence-corrected chi connectivity index (χ2v) is 2.07. The first kappa shape index (κ1) is 7.06. The number of hydrogen-bond acceptors (Lipinski definition) is 1. The van der Waals surface area contributed by atoms with Crippen LogP contribution in [0.2, 0.25) is 0 Å². The Balaban J connectivity index is 2.87. The molecule has 0 saturated heterocycles. The second-order valence-electron chi connectivity index (χ2n) is 2.07. The van der Waals surface area contributed by atoms with Crippen molar-refractivity contribution in [2.24, 2.45) is 0 Å². The average Bonchev–Trinajstić information content (AvgIpc) is 2.05. The lowest BCUT2D eigenvalue weighted by Crippen LogP contribution is -2.30. The van der Waals surface area contributed by atoms with Crippen LogP contribution in [0, 0.1) is 0 Å². The quantitative estimate of drug-likeness (QED) is 0.556. The van der Waals surface area contributed by atoms with Crippen LogP contribution < -0.4 is 9.30 Å². The molecule has 0 N–H and O–H groups in total. The van der Waals surface area contributed by atoms with E-state index in [1.807, 2.05) is 24.5 Å². The van der Waals surface area contributed by atoms with Gasteiger partial charge in [-0.3, -0.25) is 0 Å². The lowest BCUT2D eigenvalue weighted by atomic mass is 10.4. The fourth-order valence-electron chi connectivity index (χ4n) is 0.815. The Kier molecular flexibility index (Phi) is 2.26. The summed E-state index contributed by atoms with van der Waals surface area (Å²) in [6.45, 7) is 3.08. The standard InChI is InChI=1S/C8H12NO/c1-3-9-6-4-5-8(7-9)10-2/h4-7H,3H2,1-2H3/q+1. The summed E-state index contributed by atoms with van der Waals surface area (Å²) in [6.07, 6.45) is 3.99. The number of aromatic nitrogens is 1.